The molecular weight excluding hydrogens is 328 g/mol. The lowest BCUT2D eigenvalue weighted by atomic mass is 9.74. The Morgan fingerprint density at radius 1 is 1.31 bits per heavy atom. The third-order valence-electron chi connectivity index (χ3n) is 5.50. The number of carbonyl (C=O) groups excluding carboxylic acids is 2. The standard InChI is InChI=1S/C22H26O4/c1-14-9-15(2)11-17(10-14)19(21(24)25-4)6-5-16-13-26-22(3)8-7-18(23)12-20(16)22/h6-11,16,20H,5,12-13H2,1-4H3/b19-6-. The lowest BCUT2D eigenvalue weighted by Gasteiger charge is -2.31. The summed E-state index contributed by atoms with van der Waals surface area (Å²) in [7, 11) is 1.40. The molecule has 3 atom stereocenters. The molecule has 1 aliphatic carbocycles. The summed E-state index contributed by atoms with van der Waals surface area (Å²) in [6.45, 7) is 6.66. The molecule has 0 aromatic heterocycles. The highest BCUT2D eigenvalue weighted by Gasteiger charge is 2.46. The van der Waals surface area contributed by atoms with Crippen LogP contribution in [0.1, 0.15) is 36.5 Å². The molecule has 3 rings (SSSR count). The number of rotatable bonds is 4. The lowest BCUT2D eigenvalue weighted by Crippen LogP contribution is -2.36. The summed E-state index contributed by atoms with van der Waals surface area (Å²) in [5.74, 6) is 0.166. The van der Waals surface area contributed by atoms with Crippen LogP contribution in [0.4, 0.5) is 0 Å². The van der Waals surface area contributed by atoms with Crippen LogP contribution in [0.15, 0.2) is 36.4 Å². The third kappa shape index (κ3) is 3.65. The molecule has 2 aliphatic rings. The molecule has 0 amide bonds. The summed E-state index contributed by atoms with van der Waals surface area (Å²) < 4.78 is 11.0. The minimum atomic E-state index is -0.377. The zero-order valence-electron chi connectivity index (χ0n) is 15.9. The summed E-state index contributed by atoms with van der Waals surface area (Å²) in [6, 6.07) is 6.07. The molecule has 0 saturated carbocycles. The van der Waals surface area contributed by atoms with E-state index in [1.165, 1.54) is 7.11 Å². The molecule has 1 heterocycles. The van der Waals surface area contributed by atoms with Gasteiger partial charge in [0.25, 0.3) is 0 Å². The molecule has 0 N–H and O–H groups in total. The van der Waals surface area contributed by atoms with Crippen LogP contribution >= 0.6 is 0 Å². The Labute approximate surface area is 154 Å². The van der Waals surface area contributed by atoms with Crippen molar-refractivity contribution in [1.82, 2.24) is 0 Å². The zero-order valence-corrected chi connectivity index (χ0v) is 15.9. The highest BCUT2D eigenvalue weighted by Crippen LogP contribution is 2.44. The Morgan fingerprint density at radius 3 is 2.65 bits per heavy atom. The molecule has 0 bridgehead atoms. The Hall–Kier alpha value is -2.20. The largest absolute Gasteiger partial charge is 0.465 e. The van der Waals surface area contributed by atoms with Gasteiger partial charge in [-0.1, -0.05) is 35.4 Å². The topological polar surface area (TPSA) is 52.6 Å². The summed E-state index contributed by atoms with van der Waals surface area (Å²) in [6.07, 6.45) is 6.65. The van der Waals surface area contributed by atoms with E-state index in [0.717, 1.165) is 16.7 Å². The normalized spacial score (nSPS) is 28.2. The van der Waals surface area contributed by atoms with E-state index in [9.17, 15) is 9.59 Å². The fraction of sp³-hybridized carbons (Fsp3) is 0.455. The molecule has 4 heteroatoms. The summed E-state index contributed by atoms with van der Waals surface area (Å²) in [4.78, 5) is 24.2. The number of aryl methyl sites for hydroxylation is 2. The molecule has 26 heavy (non-hydrogen) atoms. The van der Waals surface area contributed by atoms with Crippen molar-refractivity contribution in [2.75, 3.05) is 13.7 Å². The molecule has 3 unspecified atom stereocenters. The fourth-order valence-electron chi connectivity index (χ4n) is 4.12. The predicted molar refractivity (Wildman–Crippen MR) is 101 cm³/mol. The van der Waals surface area contributed by atoms with Crippen molar-refractivity contribution >= 4 is 17.3 Å². The average Bonchev–Trinajstić information content (AvgIpc) is 2.91. The van der Waals surface area contributed by atoms with E-state index < -0.39 is 0 Å². The van der Waals surface area contributed by atoms with Crippen molar-refractivity contribution in [3.63, 3.8) is 0 Å². The van der Waals surface area contributed by atoms with Gasteiger partial charge in [0.2, 0.25) is 0 Å². The van der Waals surface area contributed by atoms with Gasteiger partial charge in [-0.25, -0.2) is 4.79 Å². The van der Waals surface area contributed by atoms with Crippen LogP contribution in [-0.2, 0) is 19.1 Å². The van der Waals surface area contributed by atoms with Crippen molar-refractivity contribution in [2.45, 2.75) is 39.2 Å². The molecule has 1 fully saturated rings. The third-order valence-corrected chi connectivity index (χ3v) is 5.50. The predicted octanol–water partition coefficient (Wildman–Crippen LogP) is 3.80. The van der Waals surface area contributed by atoms with Crippen LogP contribution in [0.2, 0.25) is 0 Å². The van der Waals surface area contributed by atoms with E-state index in [-0.39, 0.29) is 29.2 Å². The van der Waals surface area contributed by atoms with E-state index in [4.69, 9.17) is 9.47 Å². The van der Waals surface area contributed by atoms with Gasteiger partial charge in [0.1, 0.15) is 0 Å². The Bertz CT molecular complexity index is 769. The van der Waals surface area contributed by atoms with E-state index in [0.29, 0.717) is 25.0 Å². The van der Waals surface area contributed by atoms with Gasteiger partial charge < -0.3 is 9.47 Å². The van der Waals surface area contributed by atoms with E-state index in [2.05, 4.69) is 6.07 Å². The number of hydrogen-bond donors (Lipinski definition) is 0. The van der Waals surface area contributed by atoms with E-state index in [1.54, 1.807) is 6.08 Å². The molecule has 1 saturated heterocycles. The first-order valence-corrected chi connectivity index (χ1v) is 9.05. The maximum atomic E-state index is 12.4. The van der Waals surface area contributed by atoms with Gasteiger partial charge in [0.05, 0.1) is 24.9 Å². The molecule has 4 nitrogen and oxygen atoms in total. The van der Waals surface area contributed by atoms with Gasteiger partial charge in [-0.2, -0.15) is 0 Å². The molecule has 1 aliphatic heterocycles. The highest BCUT2D eigenvalue weighted by molar-refractivity contribution is 6.16. The van der Waals surface area contributed by atoms with Gasteiger partial charge in [-0.05, 0) is 50.8 Å². The van der Waals surface area contributed by atoms with Gasteiger partial charge in [0.15, 0.2) is 5.78 Å². The van der Waals surface area contributed by atoms with Crippen LogP contribution in [0.3, 0.4) is 0 Å². The van der Waals surface area contributed by atoms with Gasteiger partial charge in [0, 0.05) is 12.3 Å². The number of benzene rings is 1. The summed E-state index contributed by atoms with van der Waals surface area (Å²) in [5, 5.41) is 0. The minimum absolute atomic E-state index is 0.148. The second-order valence-electron chi connectivity index (χ2n) is 7.59. The van der Waals surface area contributed by atoms with Crippen molar-refractivity contribution in [2.24, 2.45) is 11.8 Å². The van der Waals surface area contributed by atoms with Crippen molar-refractivity contribution in [3.05, 3.63) is 53.1 Å². The van der Waals surface area contributed by atoms with E-state index >= 15 is 0 Å². The lowest BCUT2D eigenvalue weighted by molar-refractivity contribution is -0.133. The Morgan fingerprint density at radius 2 is 2.00 bits per heavy atom. The number of esters is 1. The number of ketones is 1. The van der Waals surface area contributed by atoms with E-state index in [1.807, 2.05) is 45.1 Å². The van der Waals surface area contributed by atoms with Crippen LogP contribution in [0, 0.1) is 25.7 Å². The Kier molecular flexibility index (Phi) is 5.15. The molecule has 1 aromatic carbocycles. The molecular formula is C22H26O4. The Balaban J connectivity index is 1.87. The number of ether oxygens (including phenoxy) is 2. The SMILES string of the molecule is COC(=O)/C(=C\CC1COC2(C)C=CC(=O)CC12)c1cc(C)cc(C)c1. The second-order valence-corrected chi connectivity index (χ2v) is 7.59. The number of fused-ring (bicyclic) bond motifs is 1. The first kappa shape index (κ1) is 18.6. The monoisotopic (exact) mass is 354 g/mol. The van der Waals surface area contributed by atoms with Crippen LogP contribution < -0.4 is 0 Å². The molecule has 0 spiro atoms. The molecule has 1 aromatic rings. The molecule has 0 radical (unpaired) electrons. The van der Waals surface area contributed by atoms with Gasteiger partial charge in [-0.15, -0.1) is 0 Å². The second kappa shape index (κ2) is 7.20. The smallest absolute Gasteiger partial charge is 0.338 e. The van der Waals surface area contributed by atoms with Crippen LogP contribution in [0.5, 0.6) is 0 Å². The van der Waals surface area contributed by atoms with Gasteiger partial charge in [-0.3, -0.25) is 4.79 Å². The first-order chi connectivity index (χ1) is 12.3. The number of allylic oxidation sites excluding steroid dienone is 2. The van der Waals surface area contributed by atoms with Crippen molar-refractivity contribution < 1.29 is 19.1 Å². The van der Waals surface area contributed by atoms with Crippen LogP contribution in [-0.4, -0.2) is 31.1 Å². The summed E-state index contributed by atoms with van der Waals surface area (Å²) >= 11 is 0. The molecule has 138 valence electrons. The fourth-order valence-corrected chi connectivity index (χ4v) is 4.12. The minimum Gasteiger partial charge on any atom is -0.465 e. The zero-order chi connectivity index (χ0) is 18.9. The maximum Gasteiger partial charge on any atom is 0.338 e. The maximum absolute atomic E-state index is 12.4. The number of methoxy groups -OCH3 is 1. The van der Waals surface area contributed by atoms with Crippen molar-refractivity contribution in [1.29, 1.82) is 0 Å². The number of hydrogen-bond acceptors (Lipinski definition) is 4. The average molecular weight is 354 g/mol. The summed E-state index contributed by atoms with van der Waals surface area (Å²) in [5.41, 5.74) is 3.28. The van der Waals surface area contributed by atoms with Crippen LogP contribution in [0.25, 0.3) is 5.57 Å². The van der Waals surface area contributed by atoms with Crippen molar-refractivity contribution in [3.8, 4) is 0 Å². The number of carbonyl (C=O) groups is 2. The highest BCUT2D eigenvalue weighted by atomic mass is 16.5. The first-order valence-electron chi connectivity index (χ1n) is 9.05. The quantitative estimate of drug-likeness (QED) is 0.610. The van der Waals surface area contributed by atoms with Gasteiger partial charge >= 0.3 is 5.97 Å².